The molecule has 0 bridgehead atoms. The molecular weight excluding hydrogens is 534 g/mol. The Labute approximate surface area is 241 Å². The highest BCUT2D eigenvalue weighted by Gasteiger charge is 2.39. The summed E-state index contributed by atoms with van der Waals surface area (Å²) in [6, 6.07) is 33.5. The number of nitrogens with zero attached hydrogens (tertiary/aromatic N) is 3. The number of nitro groups is 2. The van der Waals surface area contributed by atoms with Gasteiger partial charge in [0.25, 0.3) is 11.4 Å². The molecule has 1 aliphatic carbocycles. The number of benzene rings is 5. The summed E-state index contributed by atoms with van der Waals surface area (Å²) in [6.45, 7) is 4.37. The Morgan fingerprint density at radius 3 is 1.69 bits per heavy atom. The number of hydrogen-bond donors (Lipinski definition) is 0. The van der Waals surface area contributed by atoms with Crippen molar-refractivity contribution in [2.24, 2.45) is 0 Å². The smallest absolute Gasteiger partial charge is 0.269 e. The van der Waals surface area contributed by atoms with Gasteiger partial charge in [0.05, 0.1) is 9.85 Å². The minimum atomic E-state index is -0.483. The highest BCUT2D eigenvalue weighted by Crippen LogP contribution is 2.54. The Balaban J connectivity index is 1.53. The molecule has 0 spiro atoms. The molecule has 0 N–H and O–H groups in total. The monoisotopic (exact) mass is 559 g/mol. The van der Waals surface area contributed by atoms with E-state index in [0.717, 1.165) is 27.8 Å². The van der Waals surface area contributed by atoms with Gasteiger partial charge in [0.2, 0.25) is 0 Å². The van der Waals surface area contributed by atoms with Gasteiger partial charge >= 0.3 is 0 Å². The molecule has 9 heteroatoms. The maximum atomic E-state index is 11.2. The van der Waals surface area contributed by atoms with Crippen molar-refractivity contribution in [3.05, 3.63) is 147 Å². The van der Waals surface area contributed by atoms with Crippen LogP contribution in [0.15, 0.2) is 115 Å². The van der Waals surface area contributed by atoms with Crippen LogP contribution in [-0.4, -0.2) is 9.85 Å². The zero-order valence-electron chi connectivity index (χ0n) is 22.8. The summed E-state index contributed by atoms with van der Waals surface area (Å²) < 4.78 is 0. The second-order valence-corrected chi connectivity index (χ2v) is 10.4. The molecular formula is C33H25N3O6. The molecule has 0 atom stereocenters. The van der Waals surface area contributed by atoms with Crippen LogP contribution in [0.25, 0.3) is 22.3 Å². The first-order valence-electron chi connectivity index (χ1n) is 13.2. The van der Waals surface area contributed by atoms with E-state index in [0.29, 0.717) is 17.2 Å². The fraction of sp³-hybridized carbons (Fsp3) is 0.0909. The minimum Gasteiger partial charge on any atom is -0.345 e. The van der Waals surface area contributed by atoms with E-state index in [-0.39, 0.29) is 16.8 Å². The van der Waals surface area contributed by atoms with E-state index < -0.39 is 9.85 Å². The van der Waals surface area contributed by atoms with Gasteiger partial charge in [-0.1, -0.05) is 74.5 Å². The molecule has 1 aliphatic rings. The lowest BCUT2D eigenvalue weighted by Gasteiger charge is -2.30. The summed E-state index contributed by atoms with van der Waals surface area (Å²) in [7, 11) is 0. The van der Waals surface area contributed by atoms with Crippen LogP contribution in [0.5, 0.6) is 11.5 Å². The van der Waals surface area contributed by atoms with E-state index >= 15 is 0 Å². The fourth-order valence-corrected chi connectivity index (χ4v) is 5.48. The molecule has 0 aromatic heterocycles. The van der Waals surface area contributed by atoms with Gasteiger partial charge in [-0.25, -0.2) is 0 Å². The lowest BCUT2D eigenvalue weighted by molar-refractivity contribution is -0.385. The van der Waals surface area contributed by atoms with Crippen molar-refractivity contribution < 1.29 is 19.5 Å². The van der Waals surface area contributed by atoms with Crippen molar-refractivity contribution in [2.45, 2.75) is 19.3 Å². The molecule has 0 saturated carbocycles. The number of anilines is 1. The average molecular weight is 560 g/mol. The fourth-order valence-electron chi connectivity index (χ4n) is 5.48. The van der Waals surface area contributed by atoms with Crippen LogP contribution in [-0.2, 0) is 5.41 Å². The first-order valence-corrected chi connectivity index (χ1v) is 13.2. The van der Waals surface area contributed by atoms with E-state index in [9.17, 15) is 20.2 Å². The van der Waals surface area contributed by atoms with Crippen LogP contribution in [0.3, 0.4) is 0 Å². The third-order valence-corrected chi connectivity index (χ3v) is 7.43. The first-order chi connectivity index (χ1) is 20.2. The lowest BCUT2D eigenvalue weighted by Crippen LogP contribution is -2.32. The molecule has 42 heavy (non-hydrogen) atoms. The third-order valence-electron chi connectivity index (χ3n) is 7.43. The summed E-state index contributed by atoms with van der Waals surface area (Å²) in [5.41, 5.74) is 6.44. The van der Waals surface area contributed by atoms with Gasteiger partial charge in [-0.2, -0.15) is 0 Å². The number of non-ortho nitro benzene ring substituents is 2. The molecule has 0 saturated heterocycles. The molecule has 0 fully saturated rings. The van der Waals surface area contributed by atoms with E-state index in [4.69, 9.17) is 9.68 Å². The van der Waals surface area contributed by atoms with E-state index in [1.54, 1.807) is 0 Å². The molecule has 0 radical (unpaired) electrons. The van der Waals surface area contributed by atoms with Crippen LogP contribution in [0.2, 0.25) is 0 Å². The van der Waals surface area contributed by atoms with Crippen molar-refractivity contribution in [3.8, 4) is 33.8 Å². The minimum absolute atomic E-state index is 0.0767. The lowest BCUT2D eigenvalue weighted by atomic mass is 9.78. The van der Waals surface area contributed by atoms with Gasteiger partial charge in [-0.3, -0.25) is 20.2 Å². The standard InChI is InChI=1S/C33H25N3O6/c1-33(2)29-11-7-6-10-27(29)28-20-21-30(31(32(28)33)22-8-4-3-5-9-22)36(41-25-16-12-23(13-17-25)34(37)38)42-26-18-14-24(15-19-26)35(39)40/h3-21H,1-2H3. The van der Waals surface area contributed by atoms with Crippen molar-refractivity contribution in [1.82, 2.24) is 0 Å². The number of hydrogen-bond acceptors (Lipinski definition) is 7. The molecule has 0 unspecified atom stereocenters. The molecule has 208 valence electrons. The SMILES string of the molecule is CC1(C)c2ccccc2-c2ccc(N(Oc3ccc([N+](=O)[O-])cc3)Oc3ccc([N+](=O)[O-])cc3)c(-c3ccccc3)c21. The summed E-state index contributed by atoms with van der Waals surface area (Å²) in [4.78, 5) is 33.9. The highest BCUT2D eigenvalue weighted by molar-refractivity contribution is 5.93. The molecule has 9 nitrogen and oxygen atoms in total. The van der Waals surface area contributed by atoms with Crippen molar-refractivity contribution in [3.63, 3.8) is 0 Å². The van der Waals surface area contributed by atoms with Gasteiger partial charge in [0, 0.05) is 35.2 Å². The predicted octanol–water partition coefficient (Wildman–Crippen LogP) is 8.27. The van der Waals surface area contributed by atoms with E-state index in [2.05, 4.69) is 26.0 Å². The number of nitro benzene ring substituents is 2. The van der Waals surface area contributed by atoms with Crippen LogP contribution in [0.1, 0.15) is 25.0 Å². The van der Waals surface area contributed by atoms with Crippen LogP contribution >= 0.6 is 0 Å². The normalized spacial score (nSPS) is 12.6. The van der Waals surface area contributed by atoms with Crippen LogP contribution in [0, 0.1) is 20.2 Å². The molecule has 0 amide bonds. The predicted molar refractivity (Wildman–Crippen MR) is 159 cm³/mol. The Morgan fingerprint density at radius 2 is 1.14 bits per heavy atom. The van der Waals surface area contributed by atoms with Gasteiger partial charge < -0.3 is 9.68 Å². The third kappa shape index (κ3) is 4.66. The Morgan fingerprint density at radius 1 is 0.619 bits per heavy atom. The summed E-state index contributed by atoms with van der Waals surface area (Å²) in [5.74, 6) is 0.592. The quantitative estimate of drug-likeness (QED) is 0.139. The highest BCUT2D eigenvalue weighted by atomic mass is 16.9. The Bertz CT molecular complexity index is 1740. The Hall–Kier alpha value is -5.70. The van der Waals surface area contributed by atoms with Crippen molar-refractivity contribution in [1.29, 1.82) is 0 Å². The van der Waals surface area contributed by atoms with Crippen LogP contribution < -0.4 is 14.9 Å². The molecule has 5 aromatic carbocycles. The first kappa shape index (κ1) is 26.5. The summed E-state index contributed by atoms with van der Waals surface area (Å²) >= 11 is 0. The van der Waals surface area contributed by atoms with Crippen LogP contribution in [0.4, 0.5) is 17.1 Å². The second kappa shape index (κ2) is 10.4. The summed E-state index contributed by atoms with van der Waals surface area (Å²) in [5, 5.41) is 23.7. The van der Waals surface area contributed by atoms with Crippen molar-refractivity contribution in [2.75, 3.05) is 5.23 Å². The average Bonchev–Trinajstić information content (AvgIpc) is 3.24. The zero-order chi connectivity index (χ0) is 29.4. The molecule has 0 aliphatic heterocycles. The largest absolute Gasteiger partial charge is 0.345 e. The van der Waals surface area contributed by atoms with Gasteiger partial charge in [0.15, 0.2) is 11.5 Å². The topological polar surface area (TPSA) is 108 Å². The summed E-state index contributed by atoms with van der Waals surface area (Å²) in [6.07, 6.45) is 0. The van der Waals surface area contributed by atoms with Gasteiger partial charge in [0.1, 0.15) is 5.69 Å². The second-order valence-electron chi connectivity index (χ2n) is 10.4. The molecule has 5 aromatic rings. The number of rotatable bonds is 8. The van der Waals surface area contributed by atoms with E-state index in [1.165, 1.54) is 59.3 Å². The maximum absolute atomic E-state index is 11.2. The molecule has 0 heterocycles. The van der Waals surface area contributed by atoms with E-state index in [1.807, 2.05) is 54.6 Å². The van der Waals surface area contributed by atoms with Gasteiger partial charge in [-0.15, -0.1) is 0 Å². The number of fused-ring (bicyclic) bond motifs is 3. The zero-order valence-corrected chi connectivity index (χ0v) is 22.8. The van der Waals surface area contributed by atoms with Crippen molar-refractivity contribution >= 4 is 17.1 Å². The molecule has 6 rings (SSSR count). The van der Waals surface area contributed by atoms with Gasteiger partial charge in [-0.05, 0) is 63.4 Å². The Kier molecular flexibility index (Phi) is 6.54. The maximum Gasteiger partial charge on any atom is 0.269 e.